The third-order valence-corrected chi connectivity index (χ3v) is 11.6. The standard InChI is InChI=1S/C31H36FN3O3S/c1-30(2)20-12-13-31(30,3)25(14-20)33-15-18-4-6-19(7-5-18)17-39-27-22-16-35(24-10-11-26(36)34-28(24)37)29(38)21(22)8-9-23(27)32/h4-9,20,24-25,33H,10-17H2,1-3H3,(H,34,36,37)/t20-,24?,25+,31+/m1/s1. The van der Waals surface area contributed by atoms with Crippen LogP contribution in [-0.4, -0.2) is 34.7 Å². The number of carbonyl (C=O) groups is 3. The summed E-state index contributed by atoms with van der Waals surface area (Å²) in [5.74, 6) is -0.0518. The van der Waals surface area contributed by atoms with Gasteiger partial charge in [0.1, 0.15) is 11.9 Å². The van der Waals surface area contributed by atoms with Crippen LogP contribution in [0.2, 0.25) is 0 Å². The van der Waals surface area contributed by atoms with Crippen molar-refractivity contribution in [3.63, 3.8) is 0 Å². The maximum absolute atomic E-state index is 15.0. The summed E-state index contributed by atoms with van der Waals surface area (Å²) in [6.45, 7) is 8.34. The fraction of sp³-hybridized carbons (Fsp3) is 0.516. The van der Waals surface area contributed by atoms with E-state index in [0.717, 1.165) is 18.0 Å². The zero-order valence-corrected chi connectivity index (χ0v) is 23.6. The quantitative estimate of drug-likeness (QED) is 0.368. The van der Waals surface area contributed by atoms with Crippen LogP contribution < -0.4 is 10.6 Å². The highest BCUT2D eigenvalue weighted by Gasteiger charge is 2.61. The van der Waals surface area contributed by atoms with Crippen molar-refractivity contribution in [2.24, 2.45) is 16.7 Å². The Morgan fingerprint density at radius 3 is 2.46 bits per heavy atom. The molecule has 1 saturated heterocycles. The van der Waals surface area contributed by atoms with Crippen molar-refractivity contribution in [3.05, 3.63) is 64.5 Å². The third kappa shape index (κ3) is 4.40. The second kappa shape index (κ2) is 9.73. The van der Waals surface area contributed by atoms with Crippen molar-refractivity contribution < 1.29 is 18.8 Å². The summed E-state index contributed by atoms with van der Waals surface area (Å²) >= 11 is 1.38. The van der Waals surface area contributed by atoms with Crippen LogP contribution in [-0.2, 0) is 28.4 Å². The normalized spacial score (nSPS) is 29.2. The summed E-state index contributed by atoms with van der Waals surface area (Å²) in [6.07, 6.45) is 4.39. The number of thioether (sulfide) groups is 1. The highest BCUT2D eigenvalue weighted by atomic mass is 32.2. The van der Waals surface area contributed by atoms with Gasteiger partial charge in [0, 0.05) is 47.3 Å². The topological polar surface area (TPSA) is 78.5 Å². The molecule has 2 N–H and O–H groups in total. The first-order valence-electron chi connectivity index (χ1n) is 14.0. The zero-order valence-electron chi connectivity index (χ0n) is 22.8. The van der Waals surface area contributed by atoms with Gasteiger partial charge in [0.15, 0.2) is 0 Å². The molecule has 4 atom stereocenters. The van der Waals surface area contributed by atoms with Crippen LogP contribution in [0.1, 0.15) is 79.9 Å². The van der Waals surface area contributed by atoms with E-state index in [0.29, 0.717) is 38.6 Å². The molecule has 3 amide bonds. The van der Waals surface area contributed by atoms with Gasteiger partial charge in [0.05, 0.1) is 0 Å². The predicted molar refractivity (Wildman–Crippen MR) is 148 cm³/mol. The molecule has 4 aliphatic rings. The van der Waals surface area contributed by atoms with Crippen molar-refractivity contribution in [1.82, 2.24) is 15.5 Å². The van der Waals surface area contributed by atoms with Crippen LogP contribution in [0.4, 0.5) is 4.39 Å². The molecule has 39 heavy (non-hydrogen) atoms. The molecule has 1 unspecified atom stereocenters. The molecule has 3 fully saturated rings. The third-order valence-electron chi connectivity index (χ3n) is 10.4. The van der Waals surface area contributed by atoms with E-state index in [9.17, 15) is 18.8 Å². The Morgan fingerprint density at radius 1 is 1.05 bits per heavy atom. The van der Waals surface area contributed by atoms with E-state index in [2.05, 4.69) is 55.7 Å². The number of hydrogen-bond donors (Lipinski definition) is 2. The number of piperidine rings is 1. The summed E-state index contributed by atoms with van der Waals surface area (Å²) < 4.78 is 15.0. The van der Waals surface area contributed by atoms with Gasteiger partial charge < -0.3 is 10.2 Å². The van der Waals surface area contributed by atoms with Crippen molar-refractivity contribution in [2.45, 2.75) is 88.7 Å². The predicted octanol–water partition coefficient (Wildman–Crippen LogP) is 5.18. The molecule has 2 aliphatic carbocycles. The van der Waals surface area contributed by atoms with Gasteiger partial charge in [-0.15, -0.1) is 11.8 Å². The largest absolute Gasteiger partial charge is 0.322 e. The number of hydrogen-bond acceptors (Lipinski definition) is 5. The Balaban J connectivity index is 1.09. The minimum atomic E-state index is -0.710. The van der Waals surface area contributed by atoms with Gasteiger partial charge in [-0.3, -0.25) is 19.7 Å². The summed E-state index contributed by atoms with van der Waals surface area (Å²) in [6, 6.07) is 11.1. The average molecular weight is 550 g/mol. The lowest BCUT2D eigenvalue weighted by Crippen LogP contribution is -2.52. The molecule has 2 bridgehead atoms. The number of rotatable bonds is 7. The fourth-order valence-electron chi connectivity index (χ4n) is 7.40. The molecule has 6 rings (SSSR count). The lowest BCUT2D eigenvalue weighted by molar-refractivity contribution is -0.136. The average Bonchev–Trinajstić information content (AvgIpc) is 3.42. The van der Waals surface area contributed by atoms with Gasteiger partial charge in [-0.25, -0.2) is 4.39 Å². The Hall–Kier alpha value is -2.71. The van der Waals surface area contributed by atoms with Crippen LogP contribution in [0, 0.1) is 22.6 Å². The number of benzene rings is 2. The van der Waals surface area contributed by atoms with Crippen LogP contribution in [0.25, 0.3) is 0 Å². The van der Waals surface area contributed by atoms with Crippen molar-refractivity contribution in [3.8, 4) is 0 Å². The van der Waals surface area contributed by atoms with Gasteiger partial charge in [0.2, 0.25) is 11.8 Å². The molecule has 0 radical (unpaired) electrons. The molecule has 2 aliphatic heterocycles. The maximum atomic E-state index is 15.0. The lowest BCUT2D eigenvalue weighted by Gasteiger charge is -2.39. The van der Waals surface area contributed by atoms with Crippen LogP contribution in [0.5, 0.6) is 0 Å². The van der Waals surface area contributed by atoms with E-state index in [1.807, 2.05) is 0 Å². The first kappa shape index (κ1) is 26.5. The number of fused-ring (bicyclic) bond motifs is 3. The second-order valence-electron chi connectivity index (χ2n) is 12.5. The molecule has 6 nitrogen and oxygen atoms in total. The fourth-order valence-corrected chi connectivity index (χ4v) is 8.46. The van der Waals surface area contributed by atoms with E-state index in [1.54, 1.807) is 0 Å². The van der Waals surface area contributed by atoms with E-state index in [4.69, 9.17) is 0 Å². The summed E-state index contributed by atoms with van der Waals surface area (Å²) in [5, 5.41) is 6.15. The molecule has 2 heterocycles. The Bertz CT molecular complexity index is 1340. The molecule has 2 aromatic carbocycles. The number of nitrogens with one attached hydrogen (secondary N) is 2. The van der Waals surface area contributed by atoms with Crippen molar-refractivity contribution >= 4 is 29.5 Å². The molecule has 8 heteroatoms. The van der Waals surface area contributed by atoms with Crippen LogP contribution in [0.3, 0.4) is 0 Å². The number of amides is 3. The molecule has 0 aromatic heterocycles. The second-order valence-corrected chi connectivity index (χ2v) is 13.4. The zero-order chi connectivity index (χ0) is 27.5. The highest BCUT2D eigenvalue weighted by Crippen LogP contribution is 2.65. The Labute approximate surface area is 233 Å². The van der Waals surface area contributed by atoms with Gasteiger partial charge in [0.25, 0.3) is 5.91 Å². The molecule has 206 valence electrons. The molecular weight excluding hydrogens is 513 g/mol. The number of nitrogens with zero attached hydrogens (tertiary/aromatic N) is 1. The Morgan fingerprint density at radius 2 is 1.79 bits per heavy atom. The van der Waals surface area contributed by atoms with Gasteiger partial charge >= 0.3 is 0 Å². The van der Waals surface area contributed by atoms with Crippen molar-refractivity contribution in [2.75, 3.05) is 0 Å². The summed E-state index contributed by atoms with van der Waals surface area (Å²) in [5.41, 5.74) is 4.12. The molecule has 2 saturated carbocycles. The van der Waals surface area contributed by atoms with Crippen LogP contribution in [0.15, 0.2) is 41.3 Å². The SMILES string of the molecule is CC1(C)[C@@H]2CC[C@@]1(C)[C@@H](NCc1ccc(CSc3c(F)ccc4c3CN(C3CCC(=O)NC3=O)C4=O)cc1)C2. The first-order valence-corrected chi connectivity index (χ1v) is 15.0. The number of imide groups is 1. The van der Waals surface area contributed by atoms with Gasteiger partial charge in [-0.05, 0) is 65.7 Å². The lowest BCUT2D eigenvalue weighted by atomic mass is 9.69. The number of halogens is 1. The molecule has 0 spiro atoms. The summed E-state index contributed by atoms with van der Waals surface area (Å²) in [4.78, 5) is 38.9. The Kier molecular flexibility index (Phi) is 6.62. The van der Waals surface area contributed by atoms with E-state index in [-0.39, 0.29) is 37.0 Å². The molecular formula is C31H36FN3O3S. The van der Waals surface area contributed by atoms with Crippen molar-refractivity contribution in [1.29, 1.82) is 0 Å². The minimum absolute atomic E-state index is 0.170. The molecule has 2 aromatic rings. The van der Waals surface area contributed by atoms with E-state index >= 15 is 0 Å². The smallest absolute Gasteiger partial charge is 0.255 e. The summed E-state index contributed by atoms with van der Waals surface area (Å²) in [7, 11) is 0. The minimum Gasteiger partial charge on any atom is -0.322 e. The van der Waals surface area contributed by atoms with E-state index < -0.39 is 11.9 Å². The maximum Gasteiger partial charge on any atom is 0.255 e. The first-order chi connectivity index (χ1) is 18.6. The van der Waals surface area contributed by atoms with Gasteiger partial charge in [-0.2, -0.15) is 0 Å². The van der Waals surface area contributed by atoms with Gasteiger partial charge in [-0.1, -0.05) is 45.0 Å². The van der Waals surface area contributed by atoms with E-state index in [1.165, 1.54) is 53.6 Å². The van der Waals surface area contributed by atoms with Crippen LogP contribution >= 0.6 is 11.8 Å². The monoisotopic (exact) mass is 549 g/mol. The number of carbonyl (C=O) groups excluding carboxylic acids is 3. The highest BCUT2D eigenvalue weighted by molar-refractivity contribution is 7.98.